The molecule has 3 aromatic carbocycles. The average Bonchev–Trinajstić information content (AvgIpc) is 3.54. The number of thiazole rings is 1. The van der Waals surface area contributed by atoms with Gasteiger partial charge in [0.15, 0.2) is 5.58 Å². The number of aromatic hydroxyl groups is 1. The van der Waals surface area contributed by atoms with Crippen LogP contribution in [0.4, 0.5) is 0 Å². The molecule has 5 aromatic rings. The fourth-order valence-electron chi connectivity index (χ4n) is 4.81. The molecule has 0 bridgehead atoms. The Morgan fingerprint density at radius 3 is 2.42 bits per heavy atom. The van der Waals surface area contributed by atoms with Crippen molar-refractivity contribution in [2.24, 2.45) is 0 Å². The lowest BCUT2D eigenvalue weighted by Crippen LogP contribution is -2.06. The van der Waals surface area contributed by atoms with Crippen molar-refractivity contribution in [1.29, 1.82) is 0 Å². The van der Waals surface area contributed by atoms with Gasteiger partial charge in [-0.3, -0.25) is 9.78 Å². The number of nitrogens with one attached hydrogen (secondary N) is 1. The zero-order valence-electron chi connectivity index (χ0n) is 22.7. The minimum Gasteiger partial charge on any atom is -0.493 e. The third kappa shape index (κ3) is 6.74. The minimum atomic E-state index is -0.285. The lowest BCUT2D eigenvalue weighted by molar-refractivity contribution is 0.246. The first-order valence-corrected chi connectivity index (χ1v) is 14.7. The predicted molar refractivity (Wildman–Crippen MR) is 159 cm³/mol. The van der Waals surface area contributed by atoms with Crippen LogP contribution in [0.3, 0.4) is 0 Å². The van der Waals surface area contributed by atoms with Gasteiger partial charge in [-0.1, -0.05) is 60.2 Å². The molecule has 0 fully saturated rings. The molecule has 0 atom stereocenters. The number of rotatable bonds is 14. The maximum absolute atomic E-state index is 11.4. The summed E-state index contributed by atoms with van der Waals surface area (Å²) in [6.45, 7) is 3.18. The number of aryl methyl sites for hydroxylation is 3. The quantitative estimate of drug-likeness (QED) is 0.139. The number of fused-ring (bicyclic) bond motifs is 1. The summed E-state index contributed by atoms with van der Waals surface area (Å²) in [6, 6.07) is 22.0. The molecule has 208 valence electrons. The van der Waals surface area contributed by atoms with Crippen molar-refractivity contribution in [3.63, 3.8) is 0 Å². The van der Waals surface area contributed by atoms with Gasteiger partial charge >= 0.3 is 4.87 Å². The van der Waals surface area contributed by atoms with Gasteiger partial charge in [0.2, 0.25) is 5.88 Å². The number of hydrogen-bond donors (Lipinski definition) is 2. The highest BCUT2D eigenvalue weighted by Crippen LogP contribution is 2.33. The van der Waals surface area contributed by atoms with Crippen molar-refractivity contribution >= 4 is 22.3 Å². The van der Waals surface area contributed by atoms with Gasteiger partial charge in [0, 0.05) is 17.4 Å². The zero-order chi connectivity index (χ0) is 27.7. The molecule has 2 aromatic heterocycles. The first kappa shape index (κ1) is 27.5. The first-order valence-electron chi connectivity index (χ1n) is 13.8. The summed E-state index contributed by atoms with van der Waals surface area (Å²) in [5, 5.41) is 15.3. The van der Waals surface area contributed by atoms with E-state index in [1.165, 1.54) is 5.56 Å². The van der Waals surface area contributed by atoms with Gasteiger partial charge in [0.25, 0.3) is 0 Å². The van der Waals surface area contributed by atoms with E-state index in [-0.39, 0.29) is 10.8 Å². The second kappa shape index (κ2) is 13.3. The highest BCUT2D eigenvalue weighted by atomic mass is 32.1. The van der Waals surface area contributed by atoms with E-state index in [1.54, 1.807) is 0 Å². The normalized spacial score (nSPS) is 11.2. The molecule has 40 heavy (non-hydrogen) atoms. The maximum atomic E-state index is 11.4. The van der Waals surface area contributed by atoms with Crippen LogP contribution in [0.25, 0.3) is 21.4 Å². The molecular weight excluding hydrogens is 524 g/mol. The molecule has 0 saturated heterocycles. The van der Waals surface area contributed by atoms with Crippen molar-refractivity contribution in [3.05, 3.63) is 93.2 Å². The van der Waals surface area contributed by atoms with Crippen LogP contribution in [0.5, 0.6) is 17.4 Å². The molecule has 2 N–H and O–H groups in total. The SMILES string of the molecule is CCCc1c(OCCCOc2ccc(-c3sc(=O)[nH]c3O)cc2)ccc2c(CCCCc3ccccc3)noc12. The van der Waals surface area contributed by atoms with Gasteiger partial charge in [0.05, 0.1) is 23.8 Å². The van der Waals surface area contributed by atoms with Gasteiger partial charge in [0.1, 0.15) is 11.5 Å². The number of nitrogens with zero attached hydrogens (tertiary/aromatic N) is 1. The van der Waals surface area contributed by atoms with Crippen LogP contribution in [-0.2, 0) is 19.3 Å². The topological polar surface area (TPSA) is 97.6 Å². The summed E-state index contributed by atoms with van der Waals surface area (Å²) in [4.78, 5) is 14.0. The van der Waals surface area contributed by atoms with Crippen molar-refractivity contribution < 1.29 is 19.1 Å². The fraction of sp³-hybridized carbons (Fsp3) is 0.312. The van der Waals surface area contributed by atoms with E-state index in [4.69, 9.17) is 14.0 Å². The highest BCUT2D eigenvalue weighted by Gasteiger charge is 2.16. The molecular formula is C32H34N2O5S. The Morgan fingerprint density at radius 2 is 1.68 bits per heavy atom. The summed E-state index contributed by atoms with van der Waals surface area (Å²) in [5.41, 5.74) is 5.07. The summed E-state index contributed by atoms with van der Waals surface area (Å²) >= 11 is 0.976. The number of ether oxygens (including phenoxy) is 2. The van der Waals surface area contributed by atoms with E-state index >= 15 is 0 Å². The fourth-order valence-corrected chi connectivity index (χ4v) is 5.54. The Bertz CT molecular complexity index is 1570. The molecule has 0 spiro atoms. The zero-order valence-corrected chi connectivity index (χ0v) is 23.5. The lowest BCUT2D eigenvalue weighted by atomic mass is 10.0. The largest absolute Gasteiger partial charge is 0.493 e. The third-order valence-corrected chi connectivity index (χ3v) is 7.73. The number of aromatic amines is 1. The molecule has 0 amide bonds. The van der Waals surface area contributed by atoms with E-state index in [1.807, 2.05) is 30.3 Å². The van der Waals surface area contributed by atoms with Crippen LogP contribution in [0.15, 0.2) is 76.0 Å². The molecule has 0 radical (unpaired) electrons. The third-order valence-electron chi connectivity index (χ3n) is 6.81. The second-order valence-electron chi connectivity index (χ2n) is 9.76. The van der Waals surface area contributed by atoms with E-state index in [9.17, 15) is 9.90 Å². The smallest absolute Gasteiger partial charge is 0.307 e. The Labute approximate surface area is 237 Å². The van der Waals surface area contributed by atoms with E-state index in [2.05, 4.69) is 53.5 Å². The summed E-state index contributed by atoms with van der Waals surface area (Å²) in [6.07, 6.45) is 6.73. The minimum absolute atomic E-state index is 0.109. The first-order chi connectivity index (χ1) is 19.6. The molecule has 0 aliphatic carbocycles. The Hall–Kier alpha value is -4.04. The van der Waals surface area contributed by atoms with Crippen molar-refractivity contribution in [3.8, 4) is 27.8 Å². The van der Waals surface area contributed by atoms with Gasteiger partial charge in [-0.2, -0.15) is 0 Å². The second-order valence-corrected chi connectivity index (χ2v) is 10.7. The van der Waals surface area contributed by atoms with E-state index in [0.717, 1.165) is 89.2 Å². The monoisotopic (exact) mass is 558 g/mol. The van der Waals surface area contributed by atoms with Crippen molar-refractivity contribution in [2.45, 2.75) is 51.9 Å². The lowest BCUT2D eigenvalue weighted by Gasteiger charge is -2.12. The number of benzene rings is 3. The van der Waals surface area contributed by atoms with Crippen LogP contribution in [-0.4, -0.2) is 28.5 Å². The van der Waals surface area contributed by atoms with Gasteiger partial charge in [-0.05, 0) is 79.6 Å². The van der Waals surface area contributed by atoms with E-state index < -0.39 is 0 Å². The Balaban J connectivity index is 1.12. The van der Waals surface area contributed by atoms with Crippen LogP contribution in [0, 0.1) is 0 Å². The van der Waals surface area contributed by atoms with Gasteiger partial charge < -0.3 is 19.1 Å². The summed E-state index contributed by atoms with van der Waals surface area (Å²) < 4.78 is 17.9. The standard InChI is InChI=1S/C32H34N2O5S/c1-2-9-26-28(19-18-25-27(34-39-29(25)26)13-7-6-12-22-10-4-3-5-11-22)38-21-8-20-37-24-16-14-23(15-17-24)30-31(35)33-32(36)40-30/h3-5,10-11,14-19,35H,2,6-9,12-13,20-21H2,1H3,(H,33,36). The molecule has 8 heteroatoms. The Kier molecular flexibility index (Phi) is 9.18. The molecule has 0 saturated carbocycles. The van der Waals surface area contributed by atoms with Crippen LogP contribution >= 0.6 is 11.3 Å². The number of unbranched alkanes of at least 4 members (excludes halogenated alkanes) is 1. The van der Waals surface area contributed by atoms with Crippen molar-refractivity contribution in [1.82, 2.24) is 10.1 Å². The molecule has 2 heterocycles. The maximum Gasteiger partial charge on any atom is 0.307 e. The average molecular weight is 559 g/mol. The Morgan fingerprint density at radius 1 is 0.900 bits per heavy atom. The summed E-state index contributed by atoms with van der Waals surface area (Å²) in [7, 11) is 0. The molecule has 0 unspecified atom stereocenters. The number of aromatic nitrogens is 2. The van der Waals surface area contributed by atoms with Crippen LogP contribution < -0.4 is 14.3 Å². The highest BCUT2D eigenvalue weighted by molar-refractivity contribution is 7.13. The summed E-state index contributed by atoms with van der Waals surface area (Å²) in [5.74, 6) is 1.45. The molecule has 5 rings (SSSR count). The number of hydrogen-bond acceptors (Lipinski definition) is 7. The van der Waals surface area contributed by atoms with Crippen LogP contribution in [0.2, 0.25) is 0 Å². The van der Waals surface area contributed by atoms with Crippen LogP contribution in [0.1, 0.15) is 49.4 Å². The number of H-pyrrole nitrogens is 1. The molecule has 0 aliphatic heterocycles. The molecule has 0 aliphatic rings. The molecule has 7 nitrogen and oxygen atoms in total. The van der Waals surface area contributed by atoms with Gasteiger partial charge in [-0.25, -0.2) is 0 Å². The van der Waals surface area contributed by atoms with Gasteiger partial charge in [-0.15, -0.1) is 0 Å². The van der Waals surface area contributed by atoms with E-state index in [0.29, 0.717) is 24.5 Å². The van der Waals surface area contributed by atoms with Crippen molar-refractivity contribution in [2.75, 3.05) is 13.2 Å². The predicted octanol–water partition coefficient (Wildman–Crippen LogP) is 7.32.